The molecule has 1 atom stereocenters. The smallest absolute Gasteiger partial charge is 0.0438 e. The fourth-order valence-electron chi connectivity index (χ4n) is 3.39. The molecule has 104 valence electrons. The third-order valence-corrected chi connectivity index (χ3v) is 5.12. The summed E-state index contributed by atoms with van der Waals surface area (Å²) < 4.78 is 0. The van der Waals surface area contributed by atoms with Crippen LogP contribution in [0.3, 0.4) is 0 Å². The summed E-state index contributed by atoms with van der Waals surface area (Å²) in [5.74, 6) is 1.67. The van der Waals surface area contributed by atoms with Gasteiger partial charge in [-0.1, -0.05) is 55.5 Å². The Morgan fingerprint density at radius 2 is 1.84 bits per heavy atom. The summed E-state index contributed by atoms with van der Waals surface area (Å²) in [4.78, 5) is 0. The Labute approximate surface area is 121 Å². The van der Waals surface area contributed by atoms with E-state index in [-0.39, 0.29) is 0 Å². The zero-order valence-corrected chi connectivity index (χ0v) is 12.3. The summed E-state index contributed by atoms with van der Waals surface area (Å²) in [6.07, 6.45) is 9.58. The highest BCUT2D eigenvalue weighted by Gasteiger charge is 2.28. The minimum atomic E-state index is 0.767. The van der Waals surface area contributed by atoms with E-state index >= 15 is 0 Å². The summed E-state index contributed by atoms with van der Waals surface area (Å²) in [5, 5.41) is 4.67. The lowest BCUT2D eigenvalue weighted by Crippen LogP contribution is -2.30. The average Bonchev–Trinajstić information content (AvgIpc) is 3.09. The van der Waals surface area contributed by atoms with E-state index in [2.05, 4.69) is 17.4 Å². The third kappa shape index (κ3) is 3.73. The van der Waals surface area contributed by atoms with Gasteiger partial charge in [-0.3, -0.25) is 0 Å². The van der Waals surface area contributed by atoms with E-state index in [9.17, 15) is 0 Å². The molecule has 0 aliphatic heterocycles. The summed E-state index contributed by atoms with van der Waals surface area (Å²) in [5.41, 5.74) is 1.33. The van der Waals surface area contributed by atoms with Crippen LogP contribution in [0, 0.1) is 11.8 Å². The molecule has 0 heterocycles. The molecule has 1 N–H and O–H groups in total. The number of hydrogen-bond acceptors (Lipinski definition) is 1. The molecule has 0 saturated heterocycles. The molecule has 2 heteroatoms. The fraction of sp³-hybridized carbons (Fsp3) is 0.647. The van der Waals surface area contributed by atoms with Crippen molar-refractivity contribution in [2.75, 3.05) is 6.54 Å². The van der Waals surface area contributed by atoms with Crippen molar-refractivity contribution >= 4 is 11.6 Å². The van der Waals surface area contributed by atoms with Gasteiger partial charge in [0, 0.05) is 11.1 Å². The number of hydrogen-bond donors (Lipinski definition) is 1. The lowest BCUT2D eigenvalue weighted by Gasteiger charge is -2.24. The number of benzene rings is 1. The van der Waals surface area contributed by atoms with Crippen molar-refractivity contribution in [1.29, 1.82) is 0 Å². The Hall–Kier alpha value is -0.530. The Kier molecular flexibility index (Phi) is 4.45. The standard InChI is InChI=1S/C17H24ClN/c18-17-8-4-3-7-14(17)11-15(12-19-16-9-10-16)13-5-1-2-6-13/h3-4,7-8,13,15-16,19H,1-2,5-6,9-12H2. The van der Waals surface area contributed by atoms with Gasteiger partial charge in [-0.15, -0.1) is 0 Å². The van der Waals surface area contributed by atoms with Crippen LogP contribution in [0.1, 0.15) is 44.1 Å². The van der Waals surface area contributed by atoms with Crippen LogP contribution in [0.15, 0.2) is 24.3 Å². The first-order valence-corrected chi connectivity index (χ1v) is 8.17. The van der Waals surface area contributed by atoms with Crippen molar-refractivity contribution in [2.45, 2.75) is 51.0 Å². The second kappa shape index (κ2) is 6.28. The van der Waals surface area contributed by atoms with Gasteiger partial charge < -0.3 is 5.32 Å². The fourth-order valence-corrected chi connectivity index (χ4v) is 3.60. The van der Waals surface area contributed by atoms with Gasteiger partial charge in [-0.05, 0) is 49.3 Å². The van der Waals surface area contributed by atoms with Crippen molar-refractivity contribution in [1.82, 2.24) is 5.32 Å². The van der Waals surface area contributed by atoms with Gasteiger partial charge in [0.15, 0.2) is 0 Å². The van der Waals surface area contributed by atoms with Crippen LogP contribution in [-0.2, 0) is 6.42 Å². The van der Waals surface area contributed by atoms with Gasteiger partial charge in [0.25, 0.3) is 0 Å². The Morgan fingerprint density at radius 3 is 2.53 bits per heavy atom. The SMILES string of the molecule is Clc1ccccc1CC(CNC1CC1)C1CCCC1. The van der Waals surface area contributed by atoms with Crippen molar-refractivity contribution in [2.24, 2.45) is 11.8 Å². The minimum Gasteiger partial charge on any atom is -0.314 e. The van der Waals surface area contributed by atoms with Crippen LogP contribution in [0.4, 0.5) is 0 Å². The highest BCUT2D eigenvalue weighted by atomic mass is 35.5. The normalized spacial score (nSPS) is 21.7. The van der Waals surface area contributed by atoms with Crippen molar-refractivity contribution < 1.29 is 0 Å². The van der Waals surface area contributed by atoms with Gasteiger partial charge in [0.05, 0.1) is 0 Å². The molecule has 0 bridgehead atoms. The van der Waals surface area contributed by atoms with Gasteiger partial charge in [-0.2, -0.15) is 0 Å². The third-order valence-electron chi connectivity index (χ3n) is 4.75. The maximum Gasteiger partial charge on any atom is 0.0438 e. The first kappa shape index (κ1) is 13.5. The number of rotatable bonds is 6. The molecule has 1 nitrogen and oxygen atoms in total. The molecule has 1 unspecified atom stereocenters. The summed E-state index contributed by atoms with van der Waals surface area (Å²) in [7, 11) is 0. The maximum atomic E-state index is 6.33. The zero-order valence-electron chi connectivity index (χ0n) is 11.6. The quantitative estimate of drug-likeness (QED) is 0.810. The molecule has 2 fully saturated rings. The Balaban J connectivity index is 1.64. The average molecular weight is 278 g/mol. The molecule has 2 aliphatic rings. The Morgan fingerprint density at radius 1 is 1.11 bits per heavy atom. The molecule has 0 radical (unpaired) electrons. The minimum absolute atomic E-state index is 0.767. The van der Waals surface area contributed by atoms with Crippen molar-refractivity contribution in [3.63, 3.8) is 0 Å². The van der Waals surface area contributed by atoms with Crippen LogP contribution < -0.4 is 5.32 Å². The first-order chi connectivity index (χ1) is 9.33. The van der Waals surface area contributed by atoms with Crippen molar-refractivity contribution in [3.05, 3.63) is 34.9 Å². The van der Waals surface area contributed by atoms with Gasteiger partial charge in [0.1, 0.15) is 0 Å². The lowest BCUT2D eigenvalue weighted by atomic mass is 9.85. The van der Waals surface area contributed by atoms with Crippen LogP contribution in [0.5, 0.6) is 0 Å². The lowest BCUT2D eigenvalue weighted by molar-refractivity contribution is 0.320. The molecule has 0 spiro atoms. The first-order valence-electron chi connectivity index (χ1n) is 7.79. The molecule has 1 aromatic rings. The Bertz CT molecular complexity index is 407. The van der Waals surface area contributed by atoms with Gasteiger partial charge >= 0.3 is 0 Å². The predicted octanol–water partition coefficient (Wildman–Crippen LogP) is 4.44. The van der Waals surface area contributed by atoms with E-state index in [0.717, 1.165) is 29.3 Å². The largest absolute Gasteiger partial charge is 0.314 e. The molecule has 2 aliphatic carbocycles. The second-order valence-electron chi connectivity index (χ2n) is 6.28. The molecule has 3 rings (SSSR count). The molecule has 2 saturated carbocycles. The van der Waals surface area contributed by atoms with Crippen molar-refractivity contribution in [3.8, 4) is 0 Å². The summed E-state index contributed by atoms with van der Waals surface area (Å²) in [6, 6.07) is 9.17. The molecule has 1 aromatic carbocycles. The topological polar surface area (TPSA) is 12.0 Å². The second-order valence-corrected chi connectivity index (χ2v) is 6.69. The molecule has 0 aromatic heterocycles. The maximum absolute atomic E-state index is 6.33. The van der Waals surface area contributed by atoms with Crippen LogP contribution in [0.25, 0.3) is 0 Å². The summed E-state index contributed by atoms with van der Waals surface area (Å²) in [6.45, 7) is 1.18. The van der Waals surface area contributed by atoms with E-state index in [0.29, 0.717) is 0 Å². The van der Waals surface area contributed by atoms with E-state index in [1.165, 1.54) is 50.6 Å². The van der Waals surface area contributed by atoms with Crippen LogP contribution in [0.2, 0.25) is 5.02 Å². The predicted molar refractivity (Wildman–Crippen MR) is 81.6 cm³/mol. The highest BCUT2D eigenvalue weighted by Crippen LogP contribution is 2.34. The van der Waals surface area contributed by atoms with Gasteiger partial charge in [0.2, 0.25) is 0 Å². The summed E-state index contributed by atoms with van der Waals surface area (Å²) >= 11 is 6.33. The van der Waals surface area contributed by atoms with Gasteiger partial charge in [-0.25, -0.2) is 0 Å². The van der Waals surface area contributed by atoms with E-state index in [1.54, 1.807) is 0 Å². The molecule has 19 heavy (non-hydrogen) atoms. The number of nitrogens with one attached hydrogen (secondary N) is 1. The van der Waals surface area contributed by atoms with Crippen LogP contribution >= 0.6 is 11.6 Å². The molecular formula is C17H24ClN. The molecule has 0 amide bonds. The van der Waals surface area contributed by atoms with E-state index in [1.807, 2.05) is 12.1 Å². The number of halogens is 1. The zero-order chi connectivity index (χ0) is 13.1. The monoisotopic (exact) mass is 277 g/mol. The van der Waals surface area contributed by atoms with Crippen LogP contribution in [-0.4, -0.2) is 12.6 Å². The highest BCUT2D eigenvalue weighted by molar-refractivity contribution is 6.31. The van der Waals surface area contributed by atoms with E-state index < -0.39 is 0 Å². The molecular weight excluding hydrogens is 254 g/mol. The van der Waals surface area contributed by atoms with E-state index in [4.69, 9.17) is 11.6 Å².